The standard InChI is InChI=1S/C6H12N2.C2H6.C2H4.H2/c1-2-6-4-3-5(1)7-8-6;2*1-2;/h5-8H,1-4H2;1-2H3;1-2H2;1H. The van der Waals surface area contributed by atoms with E-state index in [9.17, 15) is 0 Å². The molecule has 2 saturated heterocycles. The molecule has 2 heterocycles. The Morgan fingerprint density at radius 1 is 0.917 bits per heavy atom. The molecule has 1 aliphatic carbocycles. The minimum atomic E-state index is 0. The van der Waals surface area contributed by atoms with Crippen molar-refractivity contribution >= 4 is 0 Å². The maximum absolute atomic E-state index is 3.27. The number of nitrogens with one attached hydrogen (secondary N) is 2. The Bertz CT molecular complexity index is 78.1. The lowest BCUT2D eigenvalue weighted by Gasteiger charge is -2.37. The first-order valence-corrected chi connectivity index (χ1v) is 4.96. The third-order valence-corrected chi connectivity index (χ3v) is 2.22. The Hall–Kier alpha value is -0.340. The van der Waals surface area contributed by atoms with E-state index in [2.05, 4.69) is 24.0 Å². The number of hydrazine groups is 1. The molecule has 0 atom stereocenters. The SMILES string of the molecule is C1CC2CCC1NN2.C=C.CC.[HH]. The molecule has 2 N–H and O–H groups in total. The van der Waals surface area contributed by atoms with Gasteiger partial charge in [-0.1, -0.05) is 13.8 Å². The first kappa shape index (κ1) is 11.7. The van der Waals surface area contributed by atoms with Gasteiger partial charge in [0.05, 0.1) is 0 Å². The fraction of sp³-hybridized carbons (Fsp3) is 0.800. The predicted molar refractivity (Wildman–Crippen MR) is 57.0 cm³/mol. The van der Waals surface area contributed by atoms with Crippen LogP contribution < -0.4 is 10.9 Å². The van der Waals surface area contributed by atoms with Crippen molar-refractivity contribution in [2.24, 2.45) is 0 Å². The minimum absolute atomic E-state index is 0. The summed E-state index contributed by atoms with van der Waals surface area (Å²) in [4.78, 5) is 0. The second kappa shape index (κ2) is 7.32. The fourth-order valence-electron chi connectivity index (χ4n) is 1.62. The molecule has 0 spiro atoms. The zero-order valence-corrected chi connectivity index (χ0v) is 8.40. The highest BCUT2D eigenvalue weighted by atomic mass is 15.4. The van der Waals surface area contributed by atoms with E-state index in [0.29, 0.717) is 0 Å². The lowest BCUT2D eigenvalue weighted by molar-refractivity contribution is 0.191. The van der Waals surface area contributed by atoms with E-state index in [1.54, 1.807) is 0 Å². The lowest BCUT2D eigenvalue weighted by Crippen LogP contribution is -2.56. The van der Waals surface area contributed by atoms with Crippen LogP contribution in [0.5, 0.6) is 0 Å². The minimum Gasteiger partial charge on any atom is -0.255 e. The molecule has 3 fully saturated rings. The van der Waals surface area contributed by atoms with Crippen molar-refractivity contribution < 1.29 is 1.43 Å². The normalized spacial score (nSPS) is 30.8. The van der Waals surface area contributed by atoms with Gasteiger partial charge in [-0.3, -0.25) is 10.9 Å². The van der Waals surface area contributed by atoms with Crippen LogP contribution in [0.15, 0.2) is 13.2 Å². The Kier molecular flexibility index (Phi) is 7.11. The van der Waals surface area contributed by atoms with Gasteiger partial charge >= 0.3 is 0 Å². The molecule has 3 aliphatic rings. The van der Waals surface area contributed by atoms with Crippen molar-refractivity contribution in [2.75, 3.05) is 0 Å². The molecule has 74 valence electrons. The van der Waals surface area contributed by atoms with E-state index in [0.717, 1.165) is 12.1 Å². The number of hydrogen-bond donors (Lipinski definition) is 2. The molecular formula is C10H24N2. The van der Waals surface area contributed by atoms with Crippen LogP contribution in [0.2, 0.25) is 0 Å². The average molecular weight is 172 g/mol. The molecule has 2 aliphatic heterocycles. The van der Waals surface area contributed by atoms with E-state index >= 15 is 0 Å². The Morgan fingerprint density at radius 2 is 1.17 bits per heavy atom. The summed E-state index contributed by atoms with van der Waals surface area (Å²) in [6, 6.07) is 1.58. The number of hydrogen-bond acceptors (Lipinski definition) is 2. The Morgan fingerprint density at radius 3 is 1.25 bits per heavy atom. The third-order valence-electron chi connectivity index (χ3n) is 2.22. The van der Waals surface area contributed by atoms with E-state index in [1.165, 1.54) is 25.7 Å². The molecule has 1 saturated carbocycles. The second-order valence-electron chi connectivity index (χ2n) is 2.84. The third kappa shape index (κ3) is 3.37. The van der Waals surface area contributed by atoms with Crippen LogP contribution in [-0.4, -0.2) is 12.1 Å². The fourth-order valence-corrected chi connectivity index (χ4v) is 1.62. The molecular weight excluding hydrogens is 148 g/mol. The highest BCUT2D eigenvalue weighted by molar-refractivity contribution is 4.84. The van der Waals surface area contributed by atoms with E-state index < -0.39 is 0 Å². The van der Waals surface area contributed by atoms with Crippen LogP contribution in [0.3, 0.4) is 0 Å². The van der Waals surface area contributed by atoms with Crippen molar-refractivity contribution in [2.45, 2.75) is 51.6 Å². The van der Waals surface area contributed by atoms with Crippen molar-refractivity contribution in [3.8, 4) is 0 Å². The predicted octanol–water partition coefficient (Wildman–Crippen LogP) is 2.48. The maximum atomic E-state index is 3.27. The summed E-state index contributed by atoms with van der Waals surface area (Å²) >= 11 is 0. The quantitative estimate of drug-likeness (QED) is 0.549. The smallest absolute Gasteiger partial charge is 0.0214 e. The van der Waals surface area contributed by atoms with Crippen LogP contribution in [-0.2, 0) is 0 Å². The van der Waals surface area contributed by atoms with Crippen molar-refractivity contribution in [1.82, 2.24) is 10.9 Å². The van der Waals surface area contributed by atoms with Gasteiger partial charge in [-0.25, -0.2) is 0 Å². The number of rotatable bonds is 0. The Balaban J connectivity index is 0. The summed E-state index contributed by atoms with van der Waals surface area (Å²) in [6.07, 6.45) is 5.55. The van der Waals surface area contributed by atoms with Crippen LogP contribution in [0.25, 0.3) is 0 Å². The van der Waals surface area contributed by atoms with Gasteiger partial charge in [0, 0.05) is 13.5 Å². The monoisotopic (exact) mass is 172 g/mol. The van der Waals surface area contributed by atoms with Crippen LogP contribution in [0.1, 0.15) is 41.0 Å². The van der Waals surface area contributed by atoms with E-state index in [1.807, 2.05) is 13.8 Å². The summed E-state index contributed by atoms with van der Waals surface area (Å²) in [5.41, 5.74) is 6.54. The molecule has 2 heteroatoms. The summed E-state index contributed by atoms with van der Waals surface area (Å²) in [6.45, 7) is 10.0. The molecule has 2 bridgehead atoms. The average Bonchev–Trinajstić information content (AvgIpc) is 2.27. The first-order chi connectivity index (χ1) is 5.95. The molecule has 0 aromatic heterocycles. The number of fused-ring (bicyclic) bond motifs is 3. The summed E-state index contributed by atoms with van der Waals surface area (Å²) in [7, 11) is 0. The second-order valence-corrected chi connectivity index (χ2v) is 2.84. The van der Waals surface area contributed by atoms with Gasteiger partial charge in [0.2, 0.25) is 0 Å². The van der Waals surface area contributed by atoms with E-state index in [-0.39, 0.29) is 1.43 Å². The Labute approximate surface area is 77.9 Å². The molecule has 0 radical (unpaired) electrons. The van der Waals surface area contributed by atoms with Crippen molar-refractivity contribution in [3.63, 3.8) is 0 Å². The van der Waals surface area contributed by atoms with Gasteiger partial charge in [0.15, 0.2) is 0 Å². The van der Waals surface area contributed by atoms with Crippen LogP contribution in [0.4, 0.5) is 0 Å². The van der Waals surface area contributed by atoms with Gasteiger partial charge < -0.3 is 0 Å². The lowest BCUT2D eigenvalue weighted by atomic mass is 9.90. The van der Waals surface area contributed by atoms with E-state index in [4.69, 9.17) is 0 Å². The largest absolute Gasteiger partial charge is 0.255 e. The molecule has 0 aromatic carbocycles. The zero-order chi connectivity index (χ0) is 9.40. The maximum Gasteiger partial charge on any atom is 0.0214 e. The van der Waals surface area contributed by atoms with Gasteiger partial charge in [-0.2, -0.15) is 0 Å². The van der Waals surface area contributed by atoms with Crippen molar-refractivity contribution in [3.05, 3.63) is 13.2 Å². The molecule has 0 aromatic rings. The summed E-state index contributed by atoms with van der Waals surface area (Å²) < 4.78 is 0. The van der Waals surface area contributed by atoms with Crippen molar-refractivity contribution in [1.29, 1.82) is 0 Å². The molecule has 0 amide bonds. The van der Waals surface area contributed by atoms with Crippen LogP contribution in [0, 0.1) is 0 Å². The molecule has 2 nitrogen and oxygen atoms in total. The first-order valence-electron chi connectivity index (χ1n) is 4.96. The van der Waals surface area contributed by atoms with Gasteiger partial charge in [0.1, 0.15) is 0 Å². The summed E-state index contributed by atoms with van der Waals surface area (Å²) in [5.74, 6) is 0. The van der Waals surface area contributed by atoms with Gasteiger partial charge in [-0.05, 0) is 25.7 Å². The van der Waals surface area contributed by atoms with Gasteiger partial charge in [-0.15, -0.1) is 13.2 Å². The van der Waals surface area contributed by atoms with Crippen LogP contribution >= 0.6 is 0 Å². The zero-order valence-electron chi connectivity index (χ0n) is 8.40. The highest BCUT2D eigenvalue weighted by Gasteiger charge is 2.25. The summed E-state index contributed by atoms with van der Waals surface area (Å²) in [5, 5.41) is 0. The van der Waals surface area contributed by atoms with Gasteiger partial charge in [0.25, 0.3) is 0 Å². The molecule has 0 unspecified atom stereocenters. The molecule has 3 rings (SSSR count). The highest BCUT2D eigenvalue weighted by Crippen LogP contribution is 2.21. The topological polar surface area (TPSA) is 24.1 Å². The molecule has 12 heavy (non-hydrogen) atoms.